The molecule has 0 saturated heterocycles. The smallest absolute Gasteiger partial charge is 0.0542 e. The van der Waals surface area contributed by atoms with Gasteiger partial charge in [0.1, 0.15) is 0 Å². The van der Waals surface area contributed by atoms with Gasteiger partial charge in [0.15, 0.2) is 0 Å². The minimum atomic E-state index is -0.163. The fourth-order valence-electron chi connectivity index (χ4n) is 14.9. The van der Waals surface area contributed by atoms with Crippen LogP contribution in [0, 0.1) is 5.92 Å². The summed E-state index contributed by atoms with van der Waals surface area (Å²) in [6, 6.07) is 90.3. The third kappa shape index (κ3) is 7.89. The zero-order valence-electron chi connectivity index (χ0n) is 48.9. The molecule has 0 aliphatic heterocycles. The summed E-state index contributed by atoms with van der Waals surface area (Å²) >= 11 is 0. The number of anilines is 6. The van der Waals surface area contributed by atoms with E-state index in [4.69, 9.17) is 0 Å². The maximum absolute atomic E-state index is 4.16. The summed E-state index contributed by atoms with van der Waals surface area (Å²) in [6.07, 6.45) is 13.1. The second kappa shape index (κ2) is 19.6. The first kappa shape index (κ1) is 51.2. The Kier molecular flexibility index (Phi) is 11.7. The highest BCUT2D eigenvalue weighted by Crippen LogP contribution is 2.55. The molecule has 0 N–H and O–H groups in total. The molecule has 3 aliphatic rings. The minimum Gasteiger partial charge on any atom is -0.310 e. The molecule has 4 nitrogen and oxygen atoms in total. The molecule has 86 heavy (non-hydrogen) atoms. The van der Waals surface area contributed by atoms with Crippen LogP contribution in [0.2, 0.25) is 0 Å². The van der Waals surface area contributed by atoms with Crippen LogP contribution in [0.3, 0.4) is 0 Å². The Morgan fingerprint density at radius 3 is 1.33 bits per heavy atom. The quantitative estimate of drug-likeness (QED) is 0.128. The first-order valence-corrected chi connectivity index (χ1v) is 30.1. The number of para-hydroxylation sites is 2. The number of benzene rings is 11. The van der Waals surface area contributed by atoms with Gasteiger partial charge in [0.25, 0.3) is 0 Å². The predicted molar refractivity (Wildman–Crippen MR) is 365 cm³/mol. The summed E-state index contributed by atoms with van der Waals surface area (Å²) in [5, 5.41) is 4.77. The van der Waals surface area contributed by atoms with Crippen molar-refractivity contribution in [2.45, 2.75) is 44.4 Å². The van der Waals surface area contributed by atoms with Crippen molar-refractivity contribution >= 4 is 89.9 Å². The Morgan fingerprint density at radius 2 is 0.791 bits per heavy atom. The zero-order valence-corrected chi connectivity index (χ0v) is 48.9. The maximum Gasteiger partial charge on any atom is 0.0542 e. The molecular formula is C82H64N4. The highest BCUT2D eigenvalue weighted by Gasteiger charge is 2.45. The molecule has 0 amide bonds. The number of nitrogens with zero attached hydrogens (tertiary/aromatic N) is 4. The van der Waals surface area contributed by atoms with E-state index >= 15 is 0 Å². The van der Waals surface area contributed by atoms with E-state index in [1.54, 1.807) is 0 Å². The second-order valence-electron chi connectivity index (χ2n) is 24.7. The van der Waals surface area contributed by atoms with Gasteiger partial charge in [-0.15, -0.1) is 0 Å². The maximum atomic E-state index is 4.16. The average Bonchev–Trinajstić information content (AvgIpc) is 2.31. The van der Waals surface area contributed by atoms with Crippen LogP contribution < -0.4 is 9.80 Å². The highest BCUT2D eigenvalue weighted by molar-refractivity contribution is 6.13. The lowest BCUT2D eigenvalue weighted by atomic mass is 9.74. The summed E-state index contributed by atoms with van der Waals surface area (Å²) in [7, 11) is 0. The molecule has 4 heteroatoms. The number of hydrogen-bond acceptors (Lipinski definition) is 2. The third-order valence-corrected chi connectivity index (χ3v) is 19.3. The van der Waals surface area contributed by atoms with Crippen molar-refractivity contribution in [2.75, 3.05) is 9.80 Å². The van der Waals surface area contributed by atoms with E-state index in [0.29, 0.717) is 11.8 Å². The van der Waals surface area contributed by atoms with E-state index in [2.05, 4.69) is 327 Å². The van der Waals surface area contributed by atoms with Crippen molar-refractivity contribution in [1.82, 2.24) is 9.13 Å². The third-order valence-electron chi connectivity index (χ3n) is 19.3. The largest absolute Gasteiger partial charge is 0.310 e. The Bertz CT molecular complexity index is 4970. The van der Waals surface area contributed by atoms with E-state index in [0.717, 1.165) is 84.3 Å². The number of hydrogen-bond donors (Lipinski definition) is 0. The van der Waals surface area contributed by atoms with Crippen molar-refractivity contribution in [2.24, 2.45) is 5.92 Å². The standard InChI is InChI=1S/C82H64N4/c1-7-53-27-43-77-69(47-53)71-49-61(39-45-79(71)85(77)57-19-11-9-12-20-57)83(63-37-41-67-65-23-15-17-25-73(65)81(3,4)75(67)51-63)59-33-29-55(30-34-59)56-31-35-60(36-32-56)84(64-38-42-68-66-24-16-18-26-74(66)82(5,6)76(68)52-64)62-40-46-80-72(50-62)70-48-54(8-2)28-44-78(70)86(80)58-21-13-10-14-22-58/h7-52,65,73H,1-2H2,3-6H3. The van der Waals surface area contributed by atoms with E-state index < -0.39 is 0 Å². The van der Waals surface area contributed by atoms with Crippen LogP contribution in [-0.4, -0.2) is 9.13 Å². The normalized spacial score (nSPS) is 15.9. The fourth-order valence-corrected chi connectivity index (χ4v) is 14.9. The Balaban J connectivity index is 0.815. The number of allylic oxidation sites excluding steroid dienone is 4. The van der Waals surface area contributed by atoms with Crippen molar-refractivity contribution in [3.05, 3.63) is 313 Å². The molecule has 2 atom stereocenters. The molecule has 0 saturated carbocycles. The summed E-state index contributed by atoms with van der Waals surface area (Å²) in [4.78, 5) is 4.90. The highest BCUT2D eigenvalue weighted by atomic mass is 15.2. The van der Waals surface area contributed by atoms with E-state index in [9.17, 15) is 0 Å². The molecule has 3 aliphatic carbocycles. The molecule has 2 heterocycles. The second-order valence-corrected chi connectivity index (χ2v) is 24.7. The molecule has 0 radical (unpaired) electrons. The molecule has 11 aromatic carbocycles. The van der Waals surface area contributed by atoms with Crippen molar-refractivity contribution in [1.29, 1.82) is 0 Å². The summed E-state index contributed by atoms with van der Waals surface area (Å²) in [5.74, 6) is 0.774. The van der Waals surface area contributed by atoms with Gasteiger partial charge in [-0.2, -0.15) is 0 Å². The first-order chi connectivity index (χ1) is 42.0. The summed E-state index contributed by atoms with van der Waals surface area (Å²) in [6.45, 7) is 17.9. The van der Waals surface area contributed by atoms with Gasteiger partial charge in [-0.25, -0.2) is 0 Å². The molecule has 0 bridgehead atoms. The summed E-state index contributed by atoms with van der Waals surface area (Å²) in [5.41, 5.74) is 25.9. The molecule has 2 unspecified atom stereocenters. The molecule has 0 fully saturated rings. The van der Waals surface area contributed by atoms with Crippen LogP contribution in [0.15, 0.2) is 280 Å². The van der Waals surface area contributed by atoms with E-state index in [-0.39, 0.29) is 10.8 Å². The van der Waals surface area contributed by atoms with Gasteiger partial charge in [-0.3, -0.25) is 0 Å². The molecule has 16 rings (SSSR count). The number of aromatic nitrogens is 2. The van der Waals surface area contributed by atoms with Crippen LogP contribution in [0.25, 0.3) is 89.4 Å². The van der Waals surface area contributed by atoms with Gasteiger partial charge in [0.05, 0.1) is 22.1 Å². The van der Waals surface area contributed by atoms with Gasteiger partial charge in [0, 0.05) is 78.4 Å². The first-order valence-electron chi connectivity index (χ1n) is 30.1. The zero-order chi connectivity index (χ0) is 58.0. The van der Waals surface area contributed by atoms with E-state index in [1.807, 2.05) is 12.2 Å². The van der Waals surface area contributed by atoms with Crippen LogP contribution in [-0.2, 0) is 10.8 Å². The van der Waals surface area contributed by atoms with Crippen LogP contribution in [0.5, 0.6) is 0 Å². The monoisotopic (exact) mass is 1100 g/mol. The number of fused-ring (bicyclic) bond motifs is 12. The lowest BCUT2D eigenvalue weighted by Gasteiger charge is -2.30. The van der Waals surface area contributed by atoms with Gasteiger partial charge in [-0.1, -0.05) is 187 Å². The molecular weight excluding hydrogens is 1040 g/mol. The Morgan fingerprint density at radius 1 is 0.372 bits per heavy atom. The lowest BCUT2D eigenvalue weighted by Crippen LogP contribution is -2.24. The van der Waals surface area contributed by atoms with Crippen LogP contribution >= 0.6 is 0 Å². The topological polar surface area (TPSA) is 16.3 Å². The molecule has 0 spiro atoms. The van der Waals surface area contributed by atoms with Crippen molar-refractivity contribution in [3.8, 4) is 33.6 Å². The lowest BCUT2D eigenvalue weighted by molar-refractivity contribution is 0.394. The fraction of sp³-hybridized carbons (Fsp3) is 0.0976. The predicted octanol–water partition coefficient (Wildman–Crippen LogP) is 22.2. The van der Waals surface area contributed by atoms with Gasteiger partial charge < -0.3 is 18.9 Å². The van der Waals surface area contributed by atoms with Crippen molar-refractivity contribution in [3.63, 3.8) is 0 Å². The van der Waals surface area contributed by atoms with Gasteiger partial charge >= 0.3 is 0 Å². The molecule has 13 aromatic rings. The molecule has 2 aromatic heterocycles. The SMILES string of the molecule is C=Cc1ccc2c(c1)c1cc(N(c3ccc(-c4ccc(N(c5ccc6c(c5)C(C)(C)C5C=CC=CC65)c5ccc6c(c5)c5cc(C=C)ccc5n6-c5ccccc5)cc4)cc3)c3ccc4c(c3)C(C)(C)c3ccccc3-4)ccc1n2-c1ccccc1. The summed E-state index contributed by atoms with van der Waals surface area (Å²) < 4.78 is 4.77. The van der Waals surface area contributed by atoms with Crippen molar-refractivity contribution < 1.29 is 0 Å². The average molecular weight is 1110 g/mol. The Hall–Kier alpha value is -10.4. The van der Waals surface area contributed by atoms with Crippen LogP contribution in [0.4, 0.5) is 34.1 Å². The minimum absolute atomic E-state index is 0.0449. The van der Waals surface area contributed by atoms with Gasteiger partial charge in [0.2, 0.25) is 0 Å². The Labute approximate surface area is 503 Å². The number of rotatable bonds is 11. The van der Waals surface area contributed by atoms with E-state index in [1.165, 1.54) is 60.4 Å². The van der Waals surface area contributed by atoms with Crippen LogP contribution in [0.1, 0.15) is 67.0 Å². The molecule has 412 valence electrons. The van der Waals surface area contributed by atoms with Gasteiger partial charge in [-0.05, 0) is 200 Å².